The maximum atomic E-state index is 6.08. The highest BCUT2D eigenvalue weighted by Crippen LogP contribution is 2.41. The number of H-pyrrole nitrogens is 1. The van der Waals surface area contributed by atoms with E-state index >= 15 is 0 Å². The van der Waals surface area contributed by atoms with E-state index in [0.29, 0.717) is 6.61 Å². The summed E-state index contributed by atoms with van der Waals surface area (Å²) in [6.07, 6.45) is 6.85. The number of pyridine rings is 1. The van der Waals surface area contributed by atoms with Crippen molar-refractivity contribution in [2.75, 3.05) is 24.6 Å². The molecule has 30 heavy (non-hydrogen) atoms. The largest absolute Gasteiger partial charge is 0.492 e. The lowest BCUT2D eigenvalue weighted by molar-refractivity contribution is 0.319. The second-order valence-electron chi connectivity index (χ2n) is 8.67. The van der Waals surface area contributed by atoms with Crippen molar-refractivity contribution in [1.82, 2.24) is 9.97 Å². The lowest BCUT2D eigenvalue weighted by atomic mass is 9.76. The van der Waals surface area contributed by atoms with Crippen molar-refractivity contribution < 1.29 is 4.74 Å². The fourth-order valence-electron chi connectivity index (χ4n) is 4.36. The smallest absolute Gasteiger partial charge is 0.120 e. The van der Waals surface area contributed by atoms with Crippen molar-refractivity contribution in [3.8, 4) is 16.9 Å². The normalized spacial score (nSPS) is 15.2. The fraction of sp³-hybridized carbons (Fsp3) is 0.269. The summed E-state index contributed by atoms with van der Waals surface area (Å²) in [5.41, 5.74) is 6.42. The number of anilines is 1. The second-order valence-corrected chi connectivity index (χ2v) is 8.67. The van der Waals surface area contributed by atoms with Crippen LogP contribution in [-0.4, -0.2) is 29.7 Å². The van der Waals surface area contributed by atoms with Crippen LogP contribution in [0.4, 0.5) is 5.69 Å². The zero-order valence-corrected chi connectivity index (χ0v) is 17.6. The van der Waals surface area contributed by atoms with Crippen LogP contribution in [-0.2, 0) is 5.41 Å². The molecule has 0 unspecified atom stereocenters. The Morgan fingerprint density at radius 3 is 2.87 bits per heavy atom. The molecular formula is C26H27N3O. The van der Waals surface area contributed by atoms with Gasteiger partial charge in [0.2, 0.25) is 0 Å². The molecule has 1 aliphatic heterocycles. The maximum absolute atomic E-state index is 6.08. The summed E-state index contributed by atoms with van der Waals surface area (Å²) in [5.74, 6) is 0.923. The van der Waals surface area contributed by atoms with Gasteiger partial charge in [-0.1, -0.05) is 26.0 Å². The Kier molecular flexibility index (Phi) is 4.70. The molecular weight excluding hydrogens is 370 g/mol. The Morgan fingerprint density at radius 2 is 2.00 bits per heavy atom. The van der Waals surface area contributed by atoms with E-state index in [1.807, 2.05) is 30.7 Å². The highest BCUT2D eigenvalue weighted by Gasteiger charge is 2.31. The number of nitrogens with zero attached hydrogens (tertiary/aromatic N) is 2. The molecule has 0 atom stereocenters. The third kappa shape index (κ3) is 3.54. The standard InChI is InChI=1S/C26H27N3O/c1-26(2)10-13-29(14-15-30-22-6-7-24-20(16-22)9-12-28-24)25-8-5-19(17-23(25)26)21-4-3-11-27-18-21/h3-9,11-12,16-18,28H,10,13-15H2,1-2H3. The van der Waals surface area contributed by atoms with E-state index in [9.17, 15) is 0 Å². The van der Waals surface area contributed by atoms with Crippen LogP contribution >= 0.6 is 0 Å². The summed E-state index contributed by atoms with van der Waals surface area (Å²) in [6.45, 7) is 7.28. The lowest BCUT2D eigenvalue weighted by Crippen LogP contribution is -2.39. The van der Waals surface area contributed by atoms with Gasteiger partial charge in [-0.25, -0.2) is 0 Å². The fourth-order valence-corrected chi connectivity index (χ4v) is 4.36. The first-order valence-corrected chi connectivity index (χ1v) is 10.6. The van der Waals surface area contributed by atoms with E-state index in [0.717, 1.165) is 36.3 Å². The molecule has 4 aromatic rings. The van der Waals surface area contributed by atoms with Gasteiger partial charge in [-0.3, -0.25) is 4.98 Å². The third-order valence-electron chi connectivity index (χ3n) is 6.22. The molecule has 0 aliphatic carbocycles. The van der Waals surface area contributed by atoms with E-state index < -0.39 is 0 Å². The van der Waals surface area contributed by atoms with Gasteiger partial charge in [0.15, 0.2) is 0 Å². The van der Waals surface area contributed by atoms with Crippen LogP contribution in [0.1, 0.15) is 25.8 Å². The van der Waals surface area contributed by atoms with Gasteiger partial charge in [0.1, 0.15) is 12.4 Å². The molecule has 4 nitrogen and oxygen atoms in total. The van der Waals surface area contributed by atoms with Crippen molar-refractivity contribution in [3.63, 3.8) is 0 Å². The van der Waals surface area contributed by atoms with Crippen molar-refractivity contribution in [1.29, 1.82) is 0 Å². The molecule has 0 spiro atoms. The van der Waals surface area contributed by atoms with E-state index in [4.69, 9.17) is 4.74 Å². The zero-order chi connectivity index (χ0) is 20.6. The van der Waals surface area contributed by atoms with Gasteiger partial charge in [-0.05, 0) is 71.0 Å². The number of rotatable bonds is 5. The first-order valence-electron chi connectivity index (χ1n) is 10.6. The summed E-state index contributed by atoms with van der Waals surface area (Å²) in [6, 6.07) is 19.2. The van der Waals surface area contributed by atoms with Gasteiger partial charge >= 0.3 is 0 Å². The summed E-state index contributed by atoms with van der Waals surface area (Å²) in [5, 5.41) is 1.18. The molecule has 0 fully saturated rings. The molecule has 0 saturated heterocycles. The molecule has 0 radical (unpaired) electrons. The van der Waals surface area contributed by atoms with Crippen molar-refractivity contribution in [2.24, 2.45) is 0 Å². The average molecular weight is 398 g/mol. The molecule has 2 aromatic carbocycles. The number of ether oxygens (including phenoxy) is 1. The molecule has 3 heterocycles. The third-order valence-corrected chi connectivity index (χ3v) is 6.22. The predicted molar refractivity (Wildman–Crippen MR) is 123 cm³/mol. The molecule has 1 N–H and O–H groups in total. The van der Waals surface area contributed by atoms with Crippen molar-refractivity contribution >= 4 is 16.6 Å². The number of aromatic nitrogens is 2. The molecule has 0 amide bonds. The van der Waals surface area contributed by atoms with Gasteiger partial charge < -0.3 is 14.6 Å². The Balaban J connectivity index is 1.34. The van der Waals surface area contributed by atoms with E-state index in [-0.39, 0.29) is 5.41 Å². The molecule has 152 valence electrons. The van der Waals surface area contributed by atoms with Crippen molar-refractivity contribution in [3.05, 3.63) is 78.8 Å². The highest BCUT2D eigenvalue weighted by atomic mass is 16.5. The lowest BCUT2D eigenvalue weighted by Gasteiger charge is -2.40. The molecule has 4 heteroatoms. The van der Waals surface area contributed by atoms with Crippen LogP contribution in [0.3, 0.4) is 0 Å². The Labute approximate surface area is 177 Å². The van der Waals surface area contributed by atoms with Crippen LogP contribution in [0.25, 0.3) is 22.0 Å². The van der Waals surface area contributed by atoms with Crippen molar-refractivity contribution in [2.45, 2.75) is 25.7 Å². The Hall–Kier alpha value is -3.27. The number of hydrogen-bond donors (Lipinski definition) is 1. The van der Waals surface area contributed by atoms with Crippen LogP contribution in [0.15, 0.2) is 73.2 Å². The van der Waals surface area contributed by atoms with Crippen LogP contribution < -0.4 is 9.64 Å². The number of benzene rings is 2. The average Bonchev–Trinajstić information content (AvgIpc) is 3.24. The Morgan fingerprint density at radius 1 is 1.07 bits per heavy atom. The van der Waals surface area contributed by atoms with Gasteiger partial charge in [-0.15, -0.1) is 0 Å². The summed E-state index contributed by atoms with van der Waals surface area (Å²) in [7, 11) is 0. The molecule has 5 rings (SSSR count). The summed E-state index contributed by atoms with van der Waals surface area (Å²) in [4.78, 5) is 9.96. The molecule has 2 aromatic heterocycles. The second kappa shape index (κ2) is 7.52. The number of fused-ring (bicyclic) bond motifs is 2. The zero-order valence-electron chi connectivity index (χ0n) is 17.6. The van der Waals surface area contributed by atoms with Gasteiger partial charge in [0.25, 0.3) is 0 Å². The first kappa shape index (κ1) is 18.7. The summed E-state index contributed by atoms with van der Waals surface area (Å²) >= 11 is 0. The minimum absolute atomic E-state index is 0.157. The molecule has 1 aliphatic rings. The SMILES string of the molecule is CC1(C)CCN(CCOc2ccc3[nH]ccc3c2)c2ccc(-c3cccnc3)cc21. The highest BCUT2D eigenvalue weighted by molar-refractivity contribution is 5.80. The minimum atomic E-state index is 0.157. The van der Waals surface area contributed by atoms with Crippen LogP contribution in [0, 0.1) is 0 Å². The van der Waals surface area contributed by atoms with E-state index in [1.54, 1.807) is 0 Å². The number of nitrogens with one attached hydrogen (secondary N) is 1. The Bertz CT molecular complexity index is 1160. The van der Waals surface area contributed by atoms with E-state index in [1.165, 1.54) is 22.2 Å². The predicted octanol–water partition coefficient (Wildman–Crippen LogP) is 5.80. The molecule has 0 saturated carbocycles. The van der Waals surface area contributed by atoms with Crippen LogP contribution in [0.2, 0.25) is 0 Å². The first-order chi connectivity index (χ1) is 14.6. The van der Waals surface area contributed by atoms with Gasteiger partial charge in [0, 0.05) is 41.7 Å². The quantitative estimate of drug-likeness (QED) is 0.463. The molecule has 0 bridgehead atoms. The number of hydrogen-bond acceptors (Lipinski definition) is 3. The van der Waals surface area contributed by atoms with Gasteiger partial charge in [0.05, 0.1) is 6.54 Å². The van der Waals surface area contributed by atoms with E-state index in [2.05, 4.69) is 71.2 Å². The summed E-state index contributed by atoms with van der Waals surface area (Å²) < 4.78 is 6.08. The minimum Gasteiger partial charge on any atom is -0.492 e. The van der Waals surface area contributed by atoms with Gasteiger partial charge in [-0.2, -0.15) is 0 Å². The number of aromatic amines is 1. The maximum Gasteiger partial charge on any atom is 0.120 e. The monoisotopic (exact) mass is 397 g/mol. The van der Waals surface area contributed by atoms with Crippen LogP contribution in [0.5, 0.6) is 5.75 Å². The topological polar surface area (TPSA) is 41.1 Å².